The lowest BCUT2D eigenvalue weighted by atomic mass is 9.98. The molecule has 0 aliphatic carbocycles. The van der Waals surface area contributed by atoms with Gasteiger partial charge in [-0.15, -0.1) is 0 Å². The van der Waals surface area contributed by atoms with Gasteiger partial charge in [0.15, 0.2) is 12.4 Å². The van der Waals surface area contributed by atoms with Gasteiger partial charge in [-0.2, -0.15) is 0 Å². The average molecular weight is 422 g/mol. The van der Waals surface area contributed by atoms with Gasteiger partial charge < -0.3 is 10.1 Å². The predicted molar refractivity (Wildman–Crippen MR) is 116 cm³/mol. The van der Waals surface area contributed by atoms with Crippen LogP contribution in [0.25, 0.3) is 0 Å². The summed E-state index contributed by atoms with van der Waals surface area (Å²) in [7, 11) is 0. The number of halogens is 1. The number of rotatable bonds is 6. The van der Waals surface area contributed by atoms with Crippen LogP contribution < -0.4 is 5.32 Å². The molecule has 0 saturated carbocycles. The number of benzene rings is 3. The van der Waals surface area contributed by atoms with Crippen LogP contribution in [0.15, 0.2) is 66.7 Å². The highest BCUT2D eigenvalue weighted by molar-refractivity contribution is 6.34. The van der Waals surface area contributed by atoms with Crippen molar-refractivity contribution in [1.29, 1.82) is 0 Å². The van der Waals surface area contributed by atoms with Gasteiger partial charge in [-0.1, -0.05) is 66.2 Å². The molecule has 5 nitrogen and oxygen atoms in total. The third-order valence-corrected chi connectivity index (χ3v) is 4.76. The Hall–Kier alpha value is -3.44. The van der Waals surface area contributed by atoms with Gasteiger partial charge in [-0.25, -0.2) is 4.79 Å². The van der Waals surface area contributed by atoms with E-state index in [4.69, 9.17) is 16.3 Å². The second-order valence-corrected chi connectivity index (χ2v) is 7.21. The fourth-order valence-corrected chi connectivity index (χ4v) is 3.43. The highest BCUT2D eigenvalue weighted by Gasteiger charge is 2.20. The monoisotopic (exact) mass is 421 g/mol. The third kappa shape index (κ3) is 4.93. The van der Waals surface area contributed by atoms with Crippen LogP contribution in [0.2, 0.25) is 5.02 Å². The molecule has 0 radical (unpaired) electrons. The number of amides is 1. The van der Waals surface area contributed by atoms with Gasteiger partial charge in [0.25, 0.3) is 5.91 Å². The molecule has 3 rings (SSSR count). The number of ketones is 1. The van der Waals surface area contributed by atoms with Crippen LogP contribution in [0.4, 0.5) is 5.69 Å². The largest absolute Gasteiger partial charge is 0.452 e. The van der Waals surface area contributed by atoms with E-state index in [0.29, 0.717) is 16.3 Å². The van der Waals surface area contributed by atoms with E-state index in [9.17, 15) is 14.4 Å². The molecular formula is C24H20ClNO4. The molecule has 0 aliphatic heterocycles. The molecule has 6 heteroatoms. The van der Waals surface area contributed by atoms with Gasteiger partial charge in [0.05, 0.1) is 16.3 Å². The summed E-state index contributed by atoms with van der Waals surface area (Å²) >= 11 is 6.19. The maximum absolute atomic E-state index is 12.8. The third-order valence-electron chi connectivity index (χ3n) is 4.46. The summed E-state index contributed by atoms with van der Waals surface area (Å²) in [6, 6.07) is 18.6. The highest BCUT2D eigenvalue weighted by atomic mass is 35.5. The minimum absolute atomic E-state index is 0.101. The van der Waals surface area contributed by atoms with Crippen molar-refractivity contribution < 1.29 is 19.1 Å². The Kier molecular flexibility index (Phi) is 6.65. The van der Waals surface area contributed by atoms with Crippen LogP contribution in [-0.4, -0.2) is 24.3 Å². The minimum atomic E-state index is -0.753. The molecular weight excluding hydrogens is 402 g/mol. The van der Waals surface area contributed by atoms with Gasteiger partial charge in [-0.3, -0.25) is 9.59 Å². The van der Waals surface area contributed by atoms with Crippen LogP contribution >= 0.6 is 11.6 Å². The van der Waals surface area contributed by atoms with Crippen molar-refractivity contribution >= 4 is 34.9 Å². The standard InChI is InChI=1S/C24H20ClNO4/c1-15-12-16(2)22(20(25)13-15)26-21(27)14-30-24(29)19-11-7-6-10-18(19)23(28)17-8-4-3-5-9-17/h3-13H,14H2,1-2H3,(H,26,27). The molecule has 0 aromatic heterocycles. The number of nitrogens with one attached hydrogen (secondary N) is 1. The van der Waals surface area contributed by atoms with Gasteiger partial charge in [-0.05, 0) is 37.1 Å². The Bertz CT molecular complexity index is 1090. The van der Waals surface area contributed by atoms with Gasteiger partial charge in [0.2, 0.25) is 0 Å². The molecule has 0 atom stereocenters. The molecule has 1 amide bonds. The van der Waals surface area contributed by atoms with Gasteiger partial charge in [0.1, 0.15) is 0 Å². The number of esters is 1. The fourth-order valence-electron chi connectivity index (χ4n) is 3.06. The zero-order valence-electron chi connectivity index (χ0n) is 16.6. The number of hydrogen-bond donors (Lipinski definition) is 1. The summed E-state index contributed by atoms with van der Waals surface area (Å²) in [5.74, 6) is -1.57. The van der Waals surface area contributed by atoms with Crippen molar-refractivity contribution in [3.8, 4) is 0 Å². The molecule has 0 aliphatic rings. The van der Waals surface area contributed by atoms with Gasteiger partial charge in [0, 0.05) is 11.1 Å². The summed E-state index contributed by atoms with van der Waals surface area (Å²) < 4.78 is 5.15. The molecule has 3 aromatic rings. The van der Waals surface area contributed by atoms with Crippen molar-refractivity contribution in [2.45, 2.75) is 13.8 Å². The first-order valence-corrected chi connectivity index (χ1v) is 9.67. The van der Waals surface area contributed by atoms with Crippen molar-refractivity contribution in [2.24, 2.45) is 0 Å². The van der Waals surface area contributed by atoms with E-state index in [1.807, 2.05) is 19.9 Å². The fraction of sp³-hybridized carbons (Fsp3) is 0.125. The van der Waals surface area contributed by atoms with E-state index < -0.39 is 18.5 Å². The van der Waals surface area contributed by atoms with Crippen LogP contribution in [0.3, 0.4) is 0 Å². The van der Waals surface area contributed by atoms with Crippen molar-refractivity contribution in [2.75, 3.05) is 11.9 Å². The summed E-state index contributed by atoms with van der Waals surface area (Å²) in [5.41, 5.74) is 3.03. The maximum Gasteiger partial charge on any atom is 0.339 e. The van der Waals surface area contributed by atoms with E-state index in [1.165, 1.54) is 6.07 Å². The average Bonchev–Trinajstić information content (AvgIpc) is 2.74. The predicted octanol–water partition coefficient (Wildman–Crippen LogP) is 4.98. The first-order chi connectivity index (χ1) is 14.4. The Morgan fingerprint density at radius 1 is 0.900 bits per heavy atom. The lowest BCUT2D eigenvalue weighted by molar-refractivity contribution is -0.119. The molecule has 0 bridgehead atoms. The number of carbonyl (C=O) groups excluding carboxylic acids is 3. The molecule has 0 spiro atoms. The van der Waals surface area contributed by atoms with Crippen molar-refractivity contribution in [1.82, 2.24) is 0 Å². The molecule has 30 heavy (non-hydrogen) atoms. The van der Waals surface area contributed by atoms with E-state index in [-0.39, 0.29) is 16.9 Å². The van der Waals surface area contributed by atoms with E-state index in [0.717, 1.165) is 11.1 Å². The lowest BCUT2D eigenvalue weighted by Crippen LogP contribution is -2.22. The van der Waals surface area contributed by atoms with Gasteiger partial charge >= 0.3 is 5.97 Å². The molecule has 0 heterocycles. The number of hydrogen-bond acceptors (Lipinski definition) is 4. The first kappa shape index (κ1) is 21.3. The minimum Gasteiger partial charge on any atom is -0.452 e. The molecule has 152 valence electrons. The number of ether oxygens (including phenoxy) is 1. The van der Waals surface area contributed by atoms with Crippen LogP contribution in [0.5, 0.6) is 0 Å². The SMILES string of the molecule is Cc1cc(C)c(NC(=O)COC(=O)c2ccccc2C(=O)c2ccccc2)c(Cl)c1. The van der Waals surface area contributed by atoms with Crippen LogP contribution in [-0.2, 0) is 9.53 Å². The zero-order valence-corrected chi connectivity index (χ0v) is 17.3. The number of carbonyl (C=O) groups is 3. The number of aryl methyl sites for hydroxylation is 2. The summed E-state index contributed by atoms with van der Waals surface area (Å²) in [6.07, 6.45) is 0. The topological polar surface area (TPSA) is 72.5 Å². The molecule has 3 aromatic carbocycles. The molecule has 1 N–H and O–H groups in total. The Morgan fingerprint density at radius 2 is 1.53 bits per heavy atom. The van der Waals surface area contributed by atoms with Crippen LogP contribution in [0, 0.1) is 13.8 Å². The lowest BCUT2D eigenvalue weighted by Gasteiger charge is -2.12. The van der Waals surface area contributed by atoms with E-state index in [1.54, 1.807) is 54.6 Å². The molecule has 0 saturated heterocycles. The van der Waals surface area contributed by atoms with Crippen molar-refractivity contribution in [3.63, 3.8) is 0 Å². The number of anilines is 1. The smallest absolute Gasteiger partial charge is 0.339 e. The first-order valence-electron chi connectivity index (χ1n) is 9.29. The summed E-state index contributed by atoms with van der Waals surface area (Å²) in [4.78, 5) is 37.6. The summed E-state index contributed by atoms with van der Waals surface area (Å²) in [6.45, 7) is 3.22. The summed E-state index contributed by atoms with van der Waals surface area (Å²) in [5, 5.41) is 3.07. The molecule has 0 fully saturated rings. The second kappa shape index (κ2) is 9.37. The quantitative estimate of drug-likeness (QED) is 0.450. The van der Waals surface area contributed by atoms with Crippen LogP contribution in [0.1, 0.15) is 37.4 Å². The van der Waals surface area contributed by atoms with Crippen molar-refractivity contribution in [3.05, 3.63) is 99.6 Å². The Morgan fingerprint density at radius 3 is 2.20 bits per heavy atom. The molecule has 0 unspecified atom stereocenters. The highest BCUT2D eigenvalue weighted by Crippen LogP contribution is 2.27. The maximum atomic E-state index is 12.8. The normalized spacial score (nSPS) is 10.4. The Labute approximate surface area is 179 Å². The zero-order chi connectivity index (χ0) is 21.7. The Balaban J connectivity index is 1.70. The van der Waals surface area contributed by atoms with E-state index >= 15 is 0 Å². The second-order valence-electron chi connectivity index (χ2n) is 6.80. The van der Waals surface area contributed by atoms with E-state index in [2.05, 4.69) is 5.32 Å².